The maximum Gasteiger partial charge on any atom is 0.132 e. The molecule has 0 amide bonds. The molecule has 1 unspecified atom stereocenters. The van der Waals surface area contributed by atoms with Crippen molar-refractivity contribution in [2.45, 2.75) is 12.5 Å². The summed E-state index contributed by atoms with van der Waals surface area (Å²) >= 11 is 0. The minimum absolute atomic E-state index is 0.193. The third kappa shape index (κ3) is 3.76. The van der Waals surface area contributed by atoms with Crippen LogP contribution in [0.1, 0.15) is 17.2 Å². The lowest BCUT2D eigenvalue weighted by atomic mass is 9.98. The summed E-state index contributed by atoms with van der Waals surface area (Å²) in [7, 11) is 1.66. The zero-order chi connectivity index (χ0) is 16.8. The van der Waals surface area contributed by atoms with Gasteiger partial charge in [0.1, 0.15) is 17.2 Å². The molecule has 1 radical (unpaired) electrons. The number of hydrogen-bond donors (Lipinski definition) is 1. The lowest BCUT2D eigenvalue weighted by Crippen LogP contribution is -2.14. The van der Waals surface area contributed by atoms with E-state index in [1.54, 1.807) is 7.11 Å². The summed E-state index contributed by atoms with van der Waals surface area (Å²) in [5.41, 5.74) is 8.48. The molecule has 2 N–H and O–H groups in total. The van der Waals surface area contributed by atoms with Gasteiger partial charge in [-0.15, -0.1) is 0 Å². The molecule has 0 spiro atoms. The van der Waals surface area contributed by atoms with Crippen molar-refractivity contribution in [3.8, 4) is 17.2 Å². The van der Waals surface area contributed by atoms with Crippen LogP contribution in [0.5, 0.6) is 17.2 Å². The van der Waals surface area contributed by atoms with Gasteiger partial charge in [-0.3, -0.25) is 0 Å². The minimum atomic E-state index is -0.193. The number of rotatable bonds is 6. The fourth-order valence-electron chi connectivity index (χ4n) is 2.65. The van der Waals surface area contributed by atoms with Gasteiger partial charge in [0.05, 0.1) is 7.11 Å². The second-order valence-corrected chi connectivity index (χ2v) is 5.50. The monoisotopic (exact) mass is 318 g/mol. The molecule has 3 rings (SSSR count). The van der Waals surface area contributed by atoms with Crippen molar-refractivity contribution in [2.75, 3.05) is 7.11 Å². The first-order valence-corrected chi connectivity index (χ1v) is 7.88. The van der Waals surface area contributed by atoms with Crippen LogP contribution < -0.4 is 15.2 Å². The predicted molar refractivity (Wildman–Crippen MR) is 95.4 cm³/mol. The van der Waals surface area contributed by atoms with Crippen molar-refractivity contribution in [3.05, 3.63) is 90.0 Å². The highest BCUT2D eigenvalue weighted by molar-refractivity contribution is 5.41. The molecule has 1 atom stereocenters. The molecule has 3 nitrogen and oxygen atoms in total. The summed E-state index contributed by atoms with van der Waals surface area (Å²) in [5.74, 6) is 2.37. The number of hydrogen-bond acceptors (Lipinski definition) is 3. The standard InChI is InChI=1S/C21H20NO2/c1-23-20-13-7-5-9-16(20)15-19(22)18-12-6-8-14-21(18)24-17-10-3-2-4-11-17/h2-6,8-14,19H,15,22H2,1H3. The van der Waals surface area contributed by atoms with Crippen LogP contribution in [0.25, 0.3) is 0 Å². The van der Waals surface area contributed by atoms with E-state index < -0.39 is 0 Å². The van der Waals surface area contributed by atoms with Crippen LogP contribution in [0.4, 0.5) is 0 Å². The van der Waals surface area contributed by atoms with Crippen LogP contribution in [-0.2, 0) is 6.42 Å². The predicted octanol–water partition coefficient (Wildman–Crippen LogP) is 4.53. The van der Waals surface area contributed by atoms with Crippen molar-refractivity contribution < 1.29 is 9.47 Å². The Morgan fingerprint density at radius 1 is 0.958 bits per heavy atom. The topological polar surface area (TPSA) is 44.5 Å². The highest BCUT2D eigenvalue weighted by Crippen LogP contribution is 2.31. The van der Waals surface area contributed by atoms with E-state index in [0.29, 0.717) is 6.42 Å². The Labute approximate surface area is 142 Å². The van der Waals surface area contributed by atoms with Crippen LogP contribution in [0.15, 0.2) is 72.8 Å². The molecule has 0 heterocycles. The summed E-state index contributed by atoms with van der Waals surface area (Å²) in [5, 5.41) is 0. The molecule has 0 fully saturated rings. The quantitative estimate of drug-likeness (QED) is 0.726. The summed E-state index contributed by atoms with van der Waals surface area (Å²) in [6, 6.07) is 26.1. The van der Waals surface area contributed by atoms with Crippen molar-refractivity contribution in [1.29, 1.82) is 0 Å². The maximum atomic E-state index is 6.46. The molecular weight excluding hydrogens is 298 g/mol. The number of ether oxygens (including phenoxy) is 2. The van der Waals surface area contributed by atoms with Crippen LogP contribution in [0.2, 0.25) is 0 Å². The average molecular weight is 318 g/mol. The molecule has 3 heteroatoms. The molecule has 0 aliphatic carbocycles. The molecule has 0 saturated heterocycles. The van der Waals surface area contributed by atoms with E-state index in [4.69, 9.17) is 15.2 Å². The Balaban J connectivity index is 1.83. The number of nitrogens with two attached hydrogens (primary N) is 1. The second-order valence-electron chi connectivity index (χ2n) is 5.50. The van der Waals surface area contributed by atoms with E-state index >= 15 is 0 Å². The first-order chi connectivity index (χ1) is 11.8. The van der Waals surface area contributed by atoms with Crippen LogP contribution >= 0.6 is 0 Å². The second kappa shape index (κ2) is 7.66. The summed E-state index contributed by atoms with van der Waals surface area (Å²) < 4.78 is 11.4. The van der Waals surface area contributed by atoms with Crippen molar-refractivity contribution >= 4 is 0 Å². The molecule has 0 aliphatic rings. The Morgan fingerprint density at radius 2 is 1.71 bits per heavy atom. The van der Waals surface area contributed by atoms with Crippen molar-refractivity contribution in [3.63, 3.8) is 0 Å². The van der Waals surface area contributed by atoms with Crippen molar-refractivity contribution in [1.82, 2.24) is 0 Å². The van der Waals surface area contributed by atoms with Crippen LogP contribution in [0, 0.1) is 6.07 Å². The lowest BCUT2D eigenvalue weighted by Gasteiger charge is -2.18. The molecule has 0 bridgehead atoms. The molecule has 0 aliphatic heterocycles. The molecule has 3 aromatic carbocycles. The van der Waals surface area contributed by atoms with Gasteiger partial charge in [0.15, 0.2) is 0 Å². The minimum Gasteiger partial charge on any atom is -0.496 e. The average Bonchev–Trinajstić information content (AvgIpc) is 2.63. The third-order valence-electron chi connectivity index (χ3n) is 3.86. The highest BCUT2D eigenvalue weighted by Gasteiger charge is 2.15. The van der Waals surface area contributed by atoms with Gasteiger partial charge < -0.3 is 15.2 Å². The number of methoxy groups -OCH3 is 1. The molecule has 121 valence electrons. The van der Waals surface area contributed by atoms with Crippen LogP contribution in [0.3, 0.4) is 0 Å². The Morgan fingerprint density at radius 3 is 2.50 bits per heavy atom. The Kier molecular flexibility index (Phi) is 5.14. The van der Waals surface area contributed by atoms with Gasteiger partial charge in [0.2, 0.25) is 0 Å². The van der Waals surface area contributed by atoms with E-state index in [1.807, 2.05) is 72.8 Å². The third-order valence-corrected chi connectivity index (χ3v) is 3.86. The van der Waals surface area contributed by atoms with Gasteiger partial charge >= 0.3 is 0 Å². The first kappa shape index (κ1) is 16.1. The first-order valence-electron chi connectivity index (χ1n) is 7.88. The number of benzene rings is 3. The van der Waals surface area contributed by atoms with Gasteiger partial charge in [0, 0.05) is 11.6 Å². The van der Waals surface area contributed by atoms with Gasteiger partial charge in [-0.1, -0.05) is 48.5 Å². The zero-order valence-electron chi connectivity index (χ0n) is 13.6. The normalized spacial score (nSPS) is 11.8. The van der Waals surface area contributed by atoms with Gasteiger partial charge in [-0.2, -0.15) is 0 Å². The lowest BCUT2D eigenvalue weighted by molar-refractivity contribution is 0.407. The summed E-state index contributed by atoms with van der Waals surface area (Å²) in [4.78, 5) is 0. The zero-order valence-corrected chi connectivity index (χ0v) is 13.6. The van der Waals surface area contributed by atoms with E-state index in [9.17, 15) is 0 Å². The largest absolute Gasteiger partial charge is 0.496 e. The molecule has 0 aromatic heterocycles. The van der Waals surface area contributed by atoms with Gasteiger partial charge in [0.25, 0.3) is 0 Å². The van der Waals surface area contributed by atoms with Crippen LogP contribution in [-0.4, -0.2) is 7.11 Å². The van der Waals surface area contributed by atoms with E-state index in [0.717, 1.165) is 28.4 Å². The maximum absolute atomic E-state index is 6.46. The fourth-order valence-corrected chi connectivity index (χ4v) is 2.65. The van der Waals surface area contributed by atoms with E-state index in [2.05, 4.69) is 6.07 Å². The molecule has 3 aromatic rings. The smallest absolute Gasteiger partial charge is 0.132 e. The number of para-hydroxylation sites is 2. The van der Waals surface area contributed by atoms with E-state index in [1.165, 1.54) is 0 Å². The molecular formula is C21H20NO2. The van der Waals surface area contributed by atoms with Gasteiger partial charge in [-0.25, -0.2) is 0 Å². The SMILES string of the molecule is COc1c[c]ccc1CC(N)c1ccccc1Oc1ccccc1. The fraction of sp³-hybridized carbons (Fsp3) is 0.143. The summed E-state index contributed by atoms with van der Waals surface area (Å²) in [6.45, 7) is 0. The van der Waals surface area contributed by atoms with E-state index in [-0.39, 0.29) is 6.04 Å². The Bertz CT molecular complexity index is 787. The Hall–Kier alpha value is -2.78. The molecule has 0 saturated carbocycles. The summed E-state index contributed by atoms with van der Waals surface area (Å²) in [6.07, 6.45) is 0.660. The van der Waals surface area contributed by atoms with Crippen molar-refractivity contribution in [2.24, 2.45) is 5.73 Å². The van der Waals surface area contributed by atoms with Gasteiger partial charge in [-0.05, 0) is 42.3 Å². The molecule has 24 heavy (non-hydrogen) atoms. The highest BCUT2D eigenvalue weighted by atomic mass is 16.5.